The summed E-state index contributed by atoms with van der Waals surface area (Å²) < 4.78 is 6.63. The molecule has 3 amide bonds. The Labute approximate surface area is 129 Å². The van der Waals surface area contributed by atoms with Crippen molar-refractivity contribution in [1.29, 1.82) is 0 Å². The number of carbonyl (C=O) groups excluding carboxylic acids is 2. The van der Waals surface area contributed by atoms with Crippen LogP contribution in [0.4, 0.5) is 4.79 Å². The molecule has 0 aromatic carbocycles. The zero-order valence-corrected chi connectivity index (χ0v) is 12.6. The molecule has 1 saturated heterocycles. The molecule has 8 heteroatoms. The first-order valence-corrected chi connectivity index (χ1v) is 7.33. The fourth-order valence-electron chi connectivity index (χ4n) is 2.30. The van der Waals surface area contributed by atoms with Crippen LogP contribution in [0.2, 0.25) is 0 Å². The Balaban J connectivity index is 1.55. The van der Waals surface area contributed by atoms with E-state index in [4.69, 9.17) is 4.74 Å². The molecule has 0 spiro atoms. The van der Waals surface area contributed by atoms with Crippen molar-refractivity contribution in [3.63, 3.8) is 0 Å². The molecule has 1 N–H and O–H groups in total. The molecule has 21 heavy (non-hydrogen) atoms. The number of aliphatic imine (C=N–C) groups is 1. The molecule has 0 saturated carbocycles. The van der Waals surface area contributed by atoms with E-state index in [0.717, 1.165) is 10.9 Å². The van der Waals surface area contributed by atoms with Gasteiger partial charge in [0.05, 0.1) is 6.54 Å². The molecule has 3 rings (SSSR count). The second-order valence-corrected chi connectivity index (χ2v) is 5.75. The van der Waals surface area contributed by atoms with Crippen LogP contribution < -0.4 is 10.1 Å². The van der Waals surface area contributed by atoms with Gasteiger partial charge in [0.2, 0.25) is 5.88 Å². The van der Waals surface area contributed by atoms with Gasteiger partial charge in [0.25, 0.3) is 5.91 Å². The fraction of sp³-hybridized carbons (Fsp3) is 0.385. The van der Waals surface area contributed by atoms with E-state index in [1.165, 1.54) is 6.21 Å². The molecule has 2 atom stereocenters. The quantitative estimate of drug-likeness (QED) is 0.878. The van der Waals surface area contributed by atoms with Gasteiger partial charge in [-0.25, -0.2) is 14.8 Å². The molecule has 0 aliphatic carbocycles. The highest BCUT2D eigenvalue weighted by Gasteiger charge is 2.33. The Kier molecular flexibility index (Phi) is 3.87. The van der Waals surface area contributed by atoms with Crippen molar-refractivity contribution >= 4 is 34.1 Å². The van der Waals surface area contributed by atoms with Gasteiger partial charge in [-0.15, -0.1) is 0 Å². The number of rotatable bonds is 3. The number of pyridine rings is 1. The zero-order chi connectivity index (χ0) is 14.8. The highest BCUT2D eigenvalue weighted by Crippen LogP contribution is 2.19. The molecule has 1 aromatic rings. The summed E-state index contributed by atoms with van der Waals surface area (Å²) in [5, 5.41) is 2.49. The van der Waals surface area contributed by atoms with Crippen molar-refractivity contribution in [3.05, 3.63) is 22.8 Å². The van der Waals surface area contributed by atoms with Gasteiger partial charge in [0, 0.05) is 35.9 Å². The normalized spacial score (nSPS) is 24.2. The third-order valence-electron chi connectivity index (χ3n) is 3.33. The number of ether oxygens (including phenoxy) is 1. The van der Waals surface area contributed by atoms with Gasteiger partial charge in [0.1, 0.15) is 12.1 Å². The lowest BCUT2D eigenvalue weighted by molar-refractivity contribution is -0.130. The molecule has 0 bridgehead atoms. The van der Waals surface area contributed by atoms with E-state index < -0.39 is 12.1 Å². The molecule has 2 aliphatic rings. The van der Waals surface area contributed by atoms with Gasteiger partial charge >= 0.3 is 6.03 Å². The zero-order valence-electron chi connectivity index (χ0n) is 11.0. The summed E-state index contributed by atoms with van der Waals surface area (Å²) in [4.78, 5) is 32.5. The summed E-state index contributed by atoms with van der Waals surface area (Å²) in [5.74, 6) is 0.382. The molecule has 2 aliphatic heterocycles. The highest BCUT2D eigenvalue weighted by atomic mass is 79.9. The van der Waals surface area contributed by atoms with E-state index in [1.807, 2.05) is 6.07 Å². The summed E-state index contributed by atoms with van der Waals surface area (Å²) in [6, 6.07) is 2.50. The molecular formula is C13H13BrN4O3. The molecule has 7 nitrogen and oxygen atoms in total. The maximum Gasteiger partial charge on any atom is 0.341 e. The molecule has 110 valence electrons. The monoisotopic (exact) mass is 352 g/mol. The third-order valence-corrected chi connectivity index (χ3v) is 3.80. The average molecular weight is 353 g/mol. The number of amides is 3. The van der Waals surface area contributed by atoms with Crippen molar-refractivity contribution in [2.24, 2.45) is 4.99 Å². The predicted octanol–water partition coefficient (Wildman–Crippen LogP) is 0.986. The summed E-state index contributed by atoms with van der Waals surface area (Å²) >= 11 is 3.31. The Bertz CT molecular complexity index is 590. The maximum atomic E-state index is 12.2. The van der Waals surface area contributed by atoms with Crippen LogP contribution >= 0.6 is 15.9 Å². The minimum Gasteiger partial charge on any atom is -0.472 e. The van der Waals surface area contributed by atoms with Crippen molar-refractivity contribution in [2.75, 3.05) is 13.1 Å². The topological polar surface area (TPSA) is 83.9 Å². The average Bonchev–Trinajstić information content (AvgIpc) is 3.10. The van der Waals surface area contributed by atoms with Crippen LogP contribution in [0, 0.1) is 0 Å². The van der Waals surface area contributed by atoms with E-state index >= 15 is 0 Å². The SMILES string of the molecule is O=C1N=CC(C(=O)N2CCC(Oc3ccc(Br)cn3)C2)N1. The number of nitrogens with zero attached hydrogens (tertiary/aromatic N) is 3. The highest BCUT2D eigenvalue weighted by molar-refractivity contribution is 9.10. The van der Waals surface area contributed by atoms with Crippen molar-refractivity contribution in [1.82, 2.24) is 15.2 Å². The first kappa shape index (κ1) is 14.0. The molecule has 2 unspecified atom stereocenters. The number of likely N-dealkylation sites (tertiary alicyclic amines) is 1. The number of hydrogen-bond donors (Lipinski definition) is 1. The number of hydrogen-bond acceptors (Lipinski definition) is 4. The third kappa shape index (κ3) is 3.21. The van der Waals surface area contributed by atoms with Gasteiger partial charge in [-0.1, -0.05) is 0 Å². The predicted molar refractivity (Wildman–Crippen MR) is 78.4 cm³/mol. The van der Waals surface area contributed by atoms with Crippen molar-refractivity contribution < 1.29 is 14.3 Å². The van der Waals surface area contributed by atoms with Crippen molar-refractivity contribution in [2.45, 2.75) is 18.6 Å². The molecule has 1 aromatic heterocycles. The van der Waals surface area contributed by atoms with Crippen molar-refractivity contribution in [3.8, 4) is 5.88 Å². The fourth-order valence-corrected chi connectivity index (χ4v) is 2.53. The Hall–Kier alpha value is -1.96. The summed E-state index contributed by atoms with van der Waals surface area (Å²) in [5.41, 5.74) is 0. The second kappa shape index (κ2) is 5.80. The smallest absolute Gasteiger partial charge is 0.341 e. The Morgan fingerprint density at radius 3 is 3.00 bits per heavy atom. The van der Waals surface area contributed by atoms with E-state index in [1.54, 1.807) is 17.2 Å². The molecule has 1 fully saturated rings. The molecule has 0 radical (unpaired) electrons. The lowest BCUT2D eigenvalue weighted by atomic mass is 10.3. The standard InChI is InChI=1S/C13H13BrN4O3/c14-8-1-2-11(15-5-8)21-9-3-4-18(7-9)12(19)10-6-16-13(20)17-10/h1-2,5-6,9-10H,3-4,7H2,(H,17,20). The Morgan fingerprint density at radius 2 is 2.33 bits per heavy atom. The van der Waals surface area contributed by atoms with Crippen LogP contribution in [0.3, 0.4) is 0 Å². The first-order valence-electron chi connectivity index (χ1n) is 6.53. The van der Waals surface area contributed by atoms with Gasteiger partial charge in [-0.2, -0.15) is 0 Å². The van der Waals surface area contributed by atoms with Crippen LogP contribution in [0.15, 0.2) is 27.8 Å². The van der Waals surface area contributed by atoms with E-state index in [9.17, 15) is 9.59 Å². The maximum absolute atomic E-state index is 12.2. The van der Waals surface area contributed by atoms with Gasteiger partial charge < -0.3 is 15.0 Å². The van der Waals surface area contributed by atoms with Crippen LogP contribution in [0.1, 0.15) is 6.42 Å². The van der Waals surface area contributed by atoms with Crippen LogP contribution in [0.5, 0.6) is 5.88 Å². The van der Waals surface area contributed by atoms with Crippen LogP contribution in [0.25, 0.3) is 0 Å². The largest absolute Gasteiger partial charge is 0.472 e. The van der Waals surface area contributed by atoms with Gasteiger partial charge in [-0.05, 0) is 22.0 Å². The second-order valence-electron chi connectivity index (χ2n) is 4.83. The number of urea groups is 1. The van der Waals surface area contributed by atoms with Crippen LogP contribution in [-0.2, 0) is 4.79 Å². The number of nitrogens with one attached hydrogen (secondary N) is 1. The number of carbonyl (C=O) groups is 2. The number of halogens is 1. The minimum absolute atomic E-state index is 0.0864. The summed E-state index contributed by atoms with van der Waals surface area (Å²) in [6.07, 6.45) is 3.66. The van der Waals surface area contributed by atoms with E-state index in [0.29, 0.717) is 19.0 Å². The number of aromatic nitrogens is 1. The first-order chi connectivity index (χ1) is 10.1. The lowest BCUT2D eigenvalue weighted by Crippen LogP contribution is -2.45. The molecule has 3 heterocycles. The lowest BCUT2D eigenvalue weighted by Gasteiger charge is -2.19. The molecular weight excluding hydrogens is 340 g/mol. The van der Waals surface area contributed by atoms with Gasteiger partial charge in [-0.3, -0.25) is 4.79 Å². The van der Waals surface area contributed by atoms with Gasteiger partial charge in [0.15, 0.2) is 0 Å². The summed E-state index contributed by atoms with van der Waals surface area (Å²) in [7, 11) is 0. The minimum atomic E-state index is -0.651. The Morgan fingerprint density at radius 1 is 1.48 bits per heavy atom. The van der Waals surface area contributed by atoms with E-state index in [-0.39, 0.29) is 12.0 Å². The summed E-state index contributed by atoms with van der Waals surface area (Å²) in [6.45, 7) is 1.08. The van der Waals surface area contributed by atoms with Crippen LogP contribution in [-0.4, -0.2) is 53.3 Å². The van der Waals surface area contributed by atoms with E-state index in [2.05, 4.69) is 31.2 Å².